The van der Waals surface area contributed by atoms with Crippen molar-refractivity contribution in [3.05, 3.63) is 51.4 Å². The van der Waals surface area contributed by atoms with Crippen LogP contribution in [0.1, 0.15) is 17.1 Å². The molecule has 2 aromatic rings. The van der Waals surface area contributed by atoms with E-state index in [0.29, 0.717) is 16.3 Å². The molecule has 0 aliphatic heterocycles. The minimum absolute atomic E-state index is 0.00402. The zero-order chi connectivity index (χ0) is 14.9. The number of hydrogen-bond donors (Lipinski definition) is 1. The van der Waals surface area contributed by atoms with E-state index in [1.165, 1.54) is 12.1 Å². The van der Waals surface area contributed by atoms with Crippen molar-refractivity contribution in [3.63, 3.8) is 0 Å². The Kier molecular flexibility index (Phi) is 4.44. The molecule has 108 valence electrons. The number of nitrogens with one attached hydrogen (secondary N) is 1. The summed E-state index contributed by atoms with van der Waals surface area (Å²) in [7, 11) is -3.72. The van der Waals surface area contributed by atoms with Crippen molar-refractivity contribution in [2.24, 2.45) is 0 Å². The van der Waals surface area contributed by atoms with Gasteiger partial charge in [-0.15, -0.1) is 0 Å². The molecule has 0 aliphatic carbocycles. The molecular formula is C13H13Cl2NO3S. The second-order valence-electron chi connectivity index (χ2n) is 4.37. The third kappa shape index (κ3) is 3.35. The predicted molar refractivity (Wildman–Crippen MR) is 78.7 cm³/mol. The maximum absolute atomic E-state index is 12.2. The van der Waals surface area contributed by atoms with E-state index in [0.717, 1.165) is 5.76 Å². The molecular weight excluding hydrogens is 321 g/mol. The van der Waals surface area contributed by atoms with Crippen molar-refractivity contribution < 1.29 is 12.8 Å². The SMILES string of the molecule is Cc1ccc(CNS(=O)(=O)c2cc(C)c(Cl)cc2Cl)o1. The minimum Gasteiger partial charge on any atom is -0.465 e. The van der Waals surface area contributed by atoms with E-state index in [-0.39, 0.29) is 16.5 Å². The van der Waals surface area contributed by atoms with Gasteiger partial charge in [0, 0.05) is 5.02 Å². The van der Waals surface area contributed by atoms with Gasteiger partial charge < -0.3 is 4.42 Å². The van der Waals surface area contributed by atoms with Crippen molar-refractivity contribution in [3.8, 4) is 0 Å². The highest BCUT2D eigenvalue weighted by Crippen LogP contribution is 2.28. The molecule has 7 heteroatoms. The van der Waals surface area contributed by atoms with Crippen LogP contribution in [0.5, 0.6) is 0 Å². The Hall–Kier alpha value is -1.01. The maximum Gasteiger partial charge on any atom is 0.242 e. The summed E-state index contributed by atoms with van der Waals surface area (Å²) in [6.07, 6.45) is 0. The Morgan fingerprint density at radius 3 is 2.45 bits per heavy atom. The van der Waals surface area contributed by atoms with E-state index < -0.39 is 10.0 Å². The summed E-state index contributed by atoms with van der Waals surface area (Å²) in [5.41, 5.74) is 0.644. The molecule has 2 rings (SSSR count). The molecule has 1 heterocycles. The molecule has 0 spiro atoms. The van der Waals surface area contributed by atoms with Crippen molar-refractivity contribution >= 4 is 33.2 Å². The third-order valence-corrected chi connectivity index (χ3v) is 5.01. The quantitative estimate of drug-likeness (QED) is 0.928. The molecule has 0 bridgehead atoms. The van der Waals surface area contributed by atoms with Crippen molar-refractivity contribution in [1.29, 1.82) is 0 Å². The molecule has 0 saturated heterocycles. The van der Waals surface area contributed by atoms with Crippen molar-refractivity contribution in [2.45, 2.75) is 25.3 Å². The van der Waals surface area contributed by atoms with E-state index in [9.17, 15) is 8.42 Å². The maximum atomic E-state index is 12.2. The van der Waals surface area contributed by atoms with Gasteiger partial charge in [0.1, 0.15) is 16.4 Å². The van der Waals surface area contributed by atoms with Gasteiger partial charge in [-0.05, 0) is 43.7 Å². The number of furan rings is 1. The Morgan fingerprint density at radius 2 is 1.85 bits per heavy atom. The van der Waals surface area contributed by atoms with Gasteiger partial charge in [-0.25, -0.2) is 13.1 Å². The molecule has 0 amide bonds. The molecule has 1 aromatic heterocycles. The first kappa shape index (κ1) is 15.4. The lowest BCUT2D eigenvalue weighted by atomic mass is 10.2. The van der Waals surface area contributed by atoms with Crippen LogP contribution in [-0.4, -0.2) is 8.42 Å². The fourth-order valence-electron chi connectivity index (χ4n) is 1.66. The zero-order valence-electron chi connectivity index (χ0n) is 10.9. The van der Waals surface area contributed by atoms with Gasteiger partial charge >= 0.3 is 0 Å². The van der Waals surface area contributed by atoms with Crippen LogP contribution in [0.2, 0.25) is 10.0 Å². The monoisotopic (exact) mass is 333 g/mol. The molecule has 0 atom stereocenters. The second-order valence-corrected chi connectivity index (χ2v) is 6.92. The van der Waals surface area contributed by atoms with E-state index in [1.807, 2.05) is 0 Å². The highest BCUT2D eigenvalue weighted by molar-refractivity contribution is 7.89. The number of halogens is 2. The van der Waals surface area contributed by atoms with Gasteiger partial charge in [0.2, 0.25) is 10.0 Å². The highest BCUT2D eigenvalue weighted by Gasteiger charge is 2.19. The van der Waals surface area contributed by atoms with E-state index >= 15 is 0 Å². The fourth-order valence-corrected chi connectivity index (χ4v) is 3.48. The standard InChI is InChI=1S/C13H13Cl2NO3S/c1-8-5-13(12(15)6-11(8)14)20(17,18)16-7-10-4-3-9(2)19-10/h3-6,16H,7H2,1-2H3. The first-order valence-electron chi connectivity index (χ1n) is 5.80. The van der Waals surface area contributed by atoms with Crippen LogP contribution in [0.25, 0.3) is 0 Å². The molecule has 1 aromatic carbocycles. The van der Waals surface area contributed by atoms with Crippen LogP contribution in [0.3, 0.4) is 0 Å². The molecule has 4 nitrogen and oxygen atoms in total. The number of rotatable bonds is 4. The van der Waals surface area contributed by atoms with Gasteiger partial charge in [-0.3, -0.25) is 0 Å². The number of sulfonamides is 1. The number of benzene rings is 1. The summed E-state index contributed by atoms with van der Waals surface area (Å²) in [5, 5.41) is 0.513. The van der Waals surface area contributed by atoms with E-state index in [4.69, 9.17) is 27.6 Å². The minimum atomic E-state index is -3.72. The van der Waals surface area contributed by atoms with Crippen LogP contribution in [0.4, 0.5) is 0 Å². The largest absolute Gasteiger partial charge is 0.465 e. The van der Waals surface area contributed by atoms with Crippen LogP contribution < -0.4 is 4.72 Å². The second kappa shape index (κ2) is 5.77. The molecule has 0 saturated carbocycles. The summed E-state index contributed by atoms with van der Waals surface area (Å²) in [6, 6.07) is 6.35. The van der Waals surface area contributed by atoms with Gasteiger partial charge in [-0.2, -0.15) is 0 Å². The van der Waals surface area contributed by atoms with Crippen molar-refractivity contribution in [1.82, 2.24) is 4.72 Å². The van der Waals surface area contributed by atoms with Gasteiger partial charge in [0.25, 0.3) is 0 Å². The molecule has 0 radical (unpaired) electrons. The molecule has 20 heavy (non-hydrogen) atoms. The van der Waals surface area contributed by atoms with Crippen LogP contribution >= 0.6 is 23.2 Å². The lowest BCUT2D eigenvalue weighted by Gasteiger charge is -2.09. The van der Waals surface area contributed by atoms with E-state index in [1.54, 1.807) is 26.0 Å². The summed E-state index contributed by atoms with van der Waals surface area (Å²) in [4.78, 5) is 0.00402. The normalized spacial score (nSPS) is 11.8. The van der Waals surface area contributed by atoms with E-state index in [2.05, 4.69) is 4.72 Å². The zero-order valence-corrected chi connectivity index (χ0v) is 13.2. The first-order chi connectivity index (χ1) is 9.29. The van der Waals surface area contributed by atoms with Crippen molar-refractivity contribution in [2.75, 3.05) is 0 Å². The summed E-state index contributed by atoms with van der Waals surface area (Å²) < 4.78 is 32.2. The third-order valence-electron chi connectivity index (χ3n) is 2.74. The molecule has 0 unspecified atom stereocenters. The Morgan fingerprint density at radius 1 is 1.15 bits per heavy atom. The molecule has 0 fully saturated rings. The highest BCUT2D eigenvalue weighted by atomic mass is 35.5. The average molecular weight is 334 g/mol. The van der Waals surface area contributed by atoms with Gasteiger partial charge in [0.15, 0.2) is 0 Å². The lowest BCUT2D eigenvalue weighted by Crippen LogP contribution is -2.23. The van der Waals surface area contributed by atoms with Crippen LogP contribution in [0, 0.1) is 13.8 Å². The lowest BCUT2D eigenvalue weighted by molar-refractivity contribution is 0.475. The Labute approximate surface area is 127 Å². The molecule has 1 N–H and O–H groups in total. The Balaban J connectivity index is 2.24. The number of hydrogen-bond acceptors (Lipinski definition) is 3. The topological polar surface area (TPSA) is 59.3 Å². The fraction of sp³-hybridized carbons (Fsp3) is 0.231. The summed E-state index contributed by atoms with van der Waals surface area (Å²) in [5.74, 6) is 1.26. The number of aryl methyl sites for hydroxylation is 2. The molecule has 0 aliphatic rings. The van der Waals surface area contributed by atoms with Gasteiger partial charge in [-0.1, -0.05) is 23.2 Å². The van der Waals surface area contributed by atoms with Crippen LogP contribution in [0.15, 0.2) is 33.6 Å². The summed E-state index contributed by atoms with van der Waals surface area (Å²) in [6.45, 7) is 3.57. The predicted octanol–water partition coefficient (Wildman–Crippen LogP) is 3.68. The first-order valence-corrected chi connectivity index (χ1v) is 8.04. The Bertz CT molecular complexity index is 738. The van der Waals surface area contributed by atoms with Gasteiger partial charge in [0.05, 0.1) is 11.6 Å². The summed E-state index contributed by atoms with van der Waals surface area (Å²) >= 11 is 11.8. The smallest absolute Gasteiger partial charge is 0.242 e. The average Bonchev–Trinajstić information content (AvgIpc) is 2.77. The van der Waals surface area contributed by atoms with Crippen LogP contribution in [-0.2, 0) is 16.6 Å².